The first-order chi connectivity index (χ1) is 12.8. The Bertz CT molecular complexity index is 569. The smallest absolute Gasteiger partial charge is 0.407 e. The molecule has 0 spiro atoms. The van der Waals surface area contributed by atoms with Crippen LogP contribution in [0.3, 0.4) is 0 Å². The summed E-state index contributed by atoms with van der Waals surface area (Å²) in [5.41, 5.74) is 21.6. The average Bonchev–Trinajstić information content (AvgIpc) is 2.58. The van der Waals surface area contributed by atoms with E-state index in [2.05, 4.69) is 25.4 Å². The second kappa shape index (κ2) is 11.5. The molecule has 12 nitrogen and oxygen atoms in total. The zero-order valence-corrected chi connectivity index (χ0v) is 15.9. The first-order valence-corrected chi connectivity index (χ1v) is 8.76. The third-order valence-electron chi connectivity index (χ3n) is 3.78. The highest BCUT2D eigenvalue weighted by molar-refractivity contribution is 5.68. The van der Waals surface area contributed by atoms with Crippen molar-refractivity contribution in [3.05, 3.63) is 20.9 Å². The van der Waals surface area contributed by atoms with Gasteiger partial charge in [0, 0.05) is 29.1 Å². The van der Waals surface area contributed by atoms with E-state index < -0.39 is 11.7 Å². The fourth-order valence-corrected chi connectivity index (χ4v) is 2.49. The van der Waals surface area contributed by atoms with Crippen LogP contribution in [0, 0.1) is 0 Å². The molecule has 0 unspecified atom stereocenters. The number of hydrogen-bond acceptors (Lipinski definition) is 7. The van der Waals surface area contributed by atoms with Gasteiger partial charge in [0.05, 0.1) is 31.3 Å². The molecule has 152 valence electrons. The third kappa shape index (κ3) is 9.32. The van der Waals surface area contributed by atoms with Crippen LogP contribution in [-0.2, 0) is 14.2 Å². The highest BCUT2D eigenvalue weighted by Gasteiger charge is 2.28. The van der Waals surface area contributed by atoms with E-state index in [9.17, 15) is 4.79 Å². The molecule has 2 heterocycles. The van der Waals surface area contributed by atoms with Crippen molar-refractivity contribution in [3.63, 3.8) is 0 Å². The third-order valence-corrected chi connectivity index (χ3v) is 3.78. The van der Waals surface area contributed by atoms with Crippen molar-refractivity contribution < 1.29 is 19.0 Å². The van der Waals surface area contributed by atoms with E-state index in [1.807, 2.05) is 0 Å². The molecule has 0 radical (unpaired) electrons. The molecule has 27 heavy (non-hydrogen) atoms. The van der Waals surface area contributed by atoms with Crippen molar-refractivity contribution in [2.45, 2.75) is 63.4 Å². The molecule has 0 aromatic rings. The SMILES string of the molecule is CC(C)(C)OC(=O)N[C@H]1COCC[C@H]1N=[N+]=[N-].[N-]=[N+]=N[C@@H]1CCOC[C@@H]1N. The maximum absolute atomic E-state index is 11.6. The maximum Gasteiger partial charge on any atom is 0.407 e. The summed E-state index contributed by atoms with van der Waals surface area (Å²) in [5, 5.41) is 9.84. The molecule has 2 rings (SSSR count). The van der Waals surface area contributed by atoms with Crippen molar-refractivity contribution in [3.8, 4) is 0 Å². The lowest BCUT2D eigenvalue weighted by Crippen LogP contribution is -2.49. The second-order valence-corrected chi connectivity index (χ2v) is 7.19. The molecule has 2 saturated heterocycles. The predicted octanol–water partition coefficient (Wildman–Crippen LogP) is 2.39. The molecular formula is C15H28N8O4. The quantitative estimate of drug-likeness (QED) is 0.429. The molecule has 12 heteroatoms. The van der Waals surface area contributed by atoms with Crippen LogP contribution in [0.1, 0.15) is 33.6 Å². The predicted molar refractivity (Wildman–Crippen MR) is 97.9 cm³/mol. The lowest BCUT2D eigenvalue weighted by Gasteiger charge is -2.30. The van der Waals surface area contributed by atoms with E-state index in [1.54, 1.807) is 20.8 Å². The summed E-state index contributed by atoms with van der Waals surface area (Å²) in [4.78, 5) is 17.0. The molecule has 4 atom stereocenters. The van der Waals surface area contributed by atoms with E-state index in [0.717, 1.165) is 6.42 Å². The van der Waals surface area contributed by atoms with E-state index in [4.69, 9.17) is 31.0 Å². The fraction of sp³-hybridized carbons (Fsp3) is 0.933. The van der Waals surface area contributed by atoms with E-state index >= 15 is 0 Å². The molecule has 3 N–H and O–H groups in total. The van der Waals surface area contributed by atoms with Crippen LogP contribution >= 0.6 is 0 Å². The number of alkyl carbamates (subject to hydrolysis) is 1. The highest BCUT2D eigenvalue weighted by atomic mass is 16.6. The van der Waals surface area contributed by atoms with Crippen molar-refractivity contribution in [2.24, 2.45) is 16.0 Å². The number of rotatable bonds is 3. The largest absolute Gasteiger partial charge is 0.444 e. The van der Waals surface area contributed by atoms with Gasteiger partial charge in [-0.25, -0.2) is 4.79 Å². The number of carbonyl (C=O) groups excluding carboxylic acids is 1. The van der Waals surface area contributed by atoms with Gasteiger partial charge in [-0.05, 0) is 44.7 Å². The normalized spacial score (nSPS) is 27.7. The summed E-state index contributed by atoms with van der Waals surface area (Å²) >= 11 is 0. The number of nitrogens with two attached hydrogens (primary N) is 1. The Hall–Kier alpha value is -2.23. The maximum atomic E-state index is 11.6. The van der Waals surface area contributed by atoms with Gasteiger partial charge in [0.1, 0.15) is 5.60 Å². The Labute approximate surface area is 158 Å². The topological polar surface area (TPSA) is 180 Å². The number of nitrogens with zero attached hydrogens (tertiary/aromatic N) is 6. The first-order valence-electron chi connectivity index (χ1n) is 8.76. The molecule has 0 aliphatic carbocycles. The standard InChI is InChI=1S/C10H18N4O3.C5H10N4O/c1-10(2,3)17-9(15)12-8-6-16-5-4-7(8)13-14-11;6-4-3-10-2-1-5(4)8-9-7/h7-8H,4-6H2,1-3H3,(H,12,15);4-5H,1-3,6H2/t7-,8+;4-,5+/m10/s1. The fourth-order valence-electron chi connectivity index (χ4n) is 2.49. The van der Waals surface area contributed by atoms with Gasteiger partial charge in [-0.15, -0.1) is 0 Å². The van der Waals surface area contributed by atoms with Gasteiger partial charge in [0.15, 0.2) is 0 Å². The summed E-state index contributed by atoms with van der Waals surface area (Å²) < 4.78 is 15.4. The lowest BCUT2D eigenvalue weighted by atomic mass is 10.1. The van der Waals surface area contributed by atoms with E-state index in [0.29, 0.717) is 32.8 Å². The van der Waals surface area contributed by atoms with Crippen molar-refractivity contribution in [1.29, 1.82) is 0 Å². The minimum atomic E-state index is -0.548. The molecule has 2 fully saturated rings. The van der Waals surface area contributed by atoms with Crippen molar-refractivity contribution >= 4 is 6.09 Å². The van der Waals surface area contributed by atoms with Crippen molar-refractivity contribution in [2.75, 3.05) is 26.4 Å². The molecule has 0 saturated carbocycles. The summed E-state index contributed by atoms with van der Waals surface area (Å²) in [6, 6.07) is -0.792. The van der Waals surface area contributed by atoms with Gasteiger partial charge in [0.25, 0.3) is 0 Å². The molecule has 0 bridgehead atoms. The van der Waals surface area contributed by atoms with Crippen molar-refractivity contribution in [1.82, 2.24) is 5.32 Å². The Morgan fingerprint density at radius 3 is 2.22 bits per heavy atom. The van der Waals surface area contributed by atoms with E-state index in [-0.39, 0.29) is 24.2 Å². The minimum Gasteiger partial charge on any atom is -0.444 e. The van der Waals surface area contributed by atoms with Gasteiger partial charge >= 0.3 is 6.09 Å². The Balaban J connectivity index is 0.000000309. The molecule has 2 aliphatic heterocycles. The van der Waals surface area contributed by atoms with Crippen LogP contribution in [0.2, 0.25) is 0 Å². The van der Waals surface area contributed by atoms with Gasteiger partial charge in [0.2, 0.25) is 0 Å². The van der Waals surface area contributed by atoms with Gasteiger partial charge < -0.3 is 25.3 Å². The molecule has 1 amide bonds. The van der Waals surface area contributed by atoms with Crippen LogP contribution in [0.15, 0.2) is 10.2 Å². The first kappa shape index (κ1) is 22.8. The summed E-state index contributed by atoms with van der Waals surface area (Å²) in [6.45, 7) is 7.39. The Kier molecular flexibility index (Phi) is 9.70. The number of hydrogen-bond donors (Lipinski definition) is 2. The number of azide groups is 2. The number of amides is 1. The minimum absolute atomic E-state index is 0.0706. The number of nitrogens with one attached hydrogen (secondary N) is 1. The van der Waals surface area contributed by atoms with E-state index in [1.165, 1.54) is 0 Å². The van der Waals surface area contributed by atoms with Crippen LogP contribution in [-0.4, -0.2) is 62.3 Å². The van der Waals surface area contributed by atoms with Crippen LogP contribution in [0.5, 0.6) is 0 Å². The monoisotopic (exact) mass is 384 g/mol. The molecule has 2 aliphatic rings. The van der Waals surface area contributed by atoms with Crippen LogP contribution < -0.4 is 11.1 Å². The van der Waals surface area contributed by atoms with Crippen LogP contribution in [0.25, 0.3) is 20.9 Å². The number of ether oxygens (including phenoxy) is 3. The zero-order valence-electron chi connectivity index (χ0n) is 15.9. The molecule has 0 aromatic heterocycles. The lowest BCUT2D eigenvalue weighted by molar-refractivity contribution is 0.0299. The molecule has 0 aromatic carbocycles. The van der Waals surface area contributed by atoms with Gasteiger partial charge in [-0.2, -0.15) is 0 Å². The van der Waals surface area contributed by atoms with Gasteiger partial charge in [-0.1, -0.05) is 10.2 Å². The summed E-state index contributed by atoms with van der Waals surface area (Å²) in [6.07, 6.45) is 0.821. The average molecular weight is 384 g/mol. The summed E-state index contributed by atoms with van der Waals surface area (Å²) in [7, 11) is 0. The second-order valence-electron chi connectivity index (χ2n) is 7.19. The Morgan fingerprint density at radius 1 is 1.11 bits per heavy atom. The Morgan fingerprint density at radius 2 is 1.67 bits per heavy atom. The molecular weight excluding hydrogens is 356 g/mol. The number of carbonyl (C=O) groups is 1. The summed E-state index contributed by atoms with van der Waals surface area (Å²) in [5.74, 6) is 0. The van der Waals surface area contributed by atoms with Gasteiger partial charge in [-0.3, -0.25) is 0 Å². The highest BCUT2D eigenvalue weighted by Crippen LogP contribution is 2.13. The zero-order chi connectivity index (χ0) is 20.3. The van der Waals surface area contributed by atoms with Crippen LogP contribution in [0.4, 0.5) is 4.79 Å².